The first kappa shape index (κ1) is 18.7. The first-order valence-electron chi connectivity index (χ1n) is 8.87. The maximum absolute atomic E-state index is 12.2. The molecule has 1 aromatic carbocycles. The number of aliphatic imine (C=N–C) groups is 1. The third-order valence-electron chi connectivity index (χ3n) is 4.41. The number of hydrogen-bond donors (Lipinski definition) is 1. The van der Waals surface area contributed by atoms with Gasteiger partial charge in [0.05, 0.1) is 12.2 Å². The molecule has 27 heavy (non-hydrogen) atoms. The van der Waals surface area contributed by atoms with Gasteiger partial charge in [-0.05, 0) is 18.6 Å². The largest absolute Gasteiger partial charge is 0.482 e. The molecule has 2 heterocycles. The number of aryl methyl sites for hydroxylation is 1. The number of guanidine groups is 1. The number of nitrogens with zero attached hydrogens (tertiary/aromatic N) is 6. The predicted molar refractivity (Wildman–Crippen MR) is 103 cm³/mol. The number of benzene rings is 1. The van der Waals surface area contributed by atoms with E-state index in [1.807, 2.05) is 43.3 Å². The van der Waals surface area contributed by atoms with Crippen LogP contribution < -0.4 is 15.0 Å². The van der Waals surface area contributed by atoms with Crippen molar-refractivity contribution in [2.75, 3.05) is 38.7 Å². The van der Waals surface area contributed by atoms with Crippen molar-refractivity contribution in [3.05, 3.63) is 36.4 Å². The van der Waals surface area contributed by atoms with Gasteiger partial charge in [0.2, 0.25) is 0 Å². The summed E-state index contributed by atoms with van der Waals surface area (Å²) >= 11 is 0. The molecule has 0 fully saturated rings. The van der Waals surface area contributed by atoms with E-state index in [-0.39, 0.29) is 12.5 Å². The van der Waals surface area contributed by atoms with Crippen molar-refractivity contribution >= 4 is 17.6 Å². The minimum atomic E-state index is -0.0162. The van der Waals surface area contributed by atoms with Gasteiger partial charge < -0.3 is 19.9 Å². The topological polar surface area (TPSA) is 87.9 Å². The Morgan fingerprint density at radius 3 is 2.96 bits per heavy atom. The number of rotatable bonds is 6. The average molecular weight is 371 g/mol. The Labute approximate surface area is 158 Å². The number of aromatic nitrogens is 3. The van der Waals surface area contributed by atoms with Gasteiger partial charge in [0.1, 0.15) is 17.9 Å². The van der Waals surface area contributed by atoms with E-state index in [0.29, 0.717) is 19.6 Å². The second-order valence-electron chi connectivity index (χ2n) is 6.29. The molecule has 0 unspecified atom stereocenters. The number of amides is 1. The van der Waals surface area contributed by atoms with Crippen LogP contribution in [0.15, 0.2) is 35.6 Å². The molecule has 0 atom stereocenters. The summed E-state index contributed by atoms with van der Waals surface area (Å²) in [7, 11) is 5.56. The van der Waals surface area contributed by atoms with E-state index >= 15 is 0 Å². The van der Waals surface area contributed by atoms with Crippen LogP contribution in [0.5, 0.6) is 5.75 Å². The van der Waals surface area contributed by atoms with Gasteiger partial charge in [0, 0.05) is 34.2 Å². The fraction of sp³-hybridized carbons (Fsp3) is 0.444. The van der Waals surface area contributed by atoms with Crippen LogP contribution in [0.4, 0.5) is 5.69 Å². The van der Waals surface area contributed by atoms with E-state index in [9.17, 15) is 4.79 Å². The van der Waals surface area contributed by atoms with E-state index < -0.39 is 0 Å². The molecule has 1 amide bonds. The highest BCUT2D eigenvalue weighted by Crippen LogP contribution is 2.31. The summed E-state index contributed by atoms with van der Waals surface area (Å²) in [5, 5.41) is 7.41. The average Bonchev–Trinajstić information content (AvgIpc) is 3.07. The molecule has 0 spiro atoms. The van der Waals surface area contributed by atoms with Crippen molar-refractivity contribution in [2.45, 2.75) is 13.0 Å². The molecule has 0 aliphatic carbocycles. The number of nitrogens with one attached hydrogen (secondary N) is 1. The van der Waals surface area contributed by atoms with Gasteiger partial charge in [-0.1, -0.05) is 12.1 Å². The number of fused-ring (bicyclic) bond motifs is 1. The predicted octanol–water partition coefficient (Wildman–Crippen LogP) is 0.638. The highest BCUT2D eigenvalue weighted by atomic mass is 16.5. The second kappa shape index (κ2) is 8.52. The molecular weight excluding hydrogens is 346 g/mol. The van der Waals surface area contributed by atoms with Crippen LogP contribution in [0.25, 0.3) is 0 Å². The Bertz CT molecular complexity index is 818. The van der Waals surface area contributed by atoms with Gasteiger partial charge in [-0.25, -0.2) is 4.98 Å². The number of anilines is 1. The second-order valence-corrected chi connectivity index (χ2v) is 6.29. The van der Waals surface area contributed by atoms with Crippen LogP contribution in [0.2, 0.25) is 0 Å². The van der Waals surface area contributed by atoms with Gasteiger partial charge in [0.25, 0.3) is 5.91 Å². The Morgan fingerprint density at radius 2 is 2.22 bits per heavy atom. The molecule has 1 N–H and O–H groups in total. The highest BCUT2D eigenvalue weighted by molar-refractivity contribution is 5.97. The van der Waals surface area contributed by atoms with Gasteiger partial charge in [-0.2, -0.15) is 5.10 Å². The van der Waals surface area contributed by atoms with Gasteiger partial charge in [-0.15, -0.1) is 0 Å². The van der Waals surface area contributed by atoms with E-state index in [4.69, 9.17) is 4.74 Å². The molecule has 1 aliphatic heterocycles. The molecule has 0 saturated heterocycles. The number of para-hydroxylation sites is 2. The van der Waals surface area contributed by atoms with Crippen molar-refractivity contribution in [1.82, 2.24) is 25.0 Å². The summed E-state index contributed by atoms with van der Waals surface area (Å²) in [5.41, 5.74) is 0.831. The molecule has 144 valence electrons. The molecule has 1 aliphatic rings. The van der Waals surface area contributed by atoms with E-state index in [1.165, 1.54) is 6.33 Å². The number of hydrogen-bond acceptors (Lipinski definition) is 5. The van der Waals surface area contributed by atoms with Crippen LogP contribution in [0.1, 0.15) is 12.2 Å². The van der Waals surface area contributed by atoms with Crippen LogP contribution in [0, 0.1) is 0 Å². The van der Waals surface area contributed by atoms with Gasteiger partial charge >= 0.3 is 0 Å². The lowest BCUT2D eigenvalue weighted by Crippen LogP contribution is -2.42. The lowest BCUT2D eigenvalue weighted by Gasteiger charge is -2.29. The number of ether oxygens (including phenoxy) is 1. The maximum atomic E-state index is 12.2. The van der Waals surface area contributed by atoms with Crippen LogP contribution in [0.3, 0.4) is 0 Å². The molecule has 0 radical (unpaired) electrons. The normalized spacial score (nSPS) is 14.0. The van der Waals surface area contributed by atoms with Gasteiger partial charge in [0.15, 0.2) is 12.6 Å². The lowest BCUT2D eigenvalue weighted by molar-refractivity contribution is -0.121. The van der Waals surface area contributed by atoms with Crippen LogP contribution in [-0.4, -0.2) is 65.3 Å². The first-order chi connectivity index (χ1) is 13.1. The Kier molecular flexibility index (Phi) is 5.90. The molecule has 9 nitrogen and oxygen atoms in total. The zero-order chi connectivity index (χ0) is 19.2. The fourth-order valence-corrected chi connectivity index (χ4v) is 2.97. The number of carbonyl (C=O) groups excluding carboxylic acids is 1. The van der Waals surface area contributed by atoms with Gasteiger partial charge in [-0.3, -0.25) is 14.5 Å². The Balaban J connectivity index is 1.50. The van der Waals surface area contributed by atoms with Crippen molar-refractivity contribution in [1.29, 1.82) is 0 Å². The summed E-state index contributed by atoms with van der Waals surface area (Å²) in [6, 6.07) is 7.62. The van der Waals surface area contributed by atoms with E-state index in [1.54, 1.807) is 16.6 Å². The summed E-state index contributed by atoms with van der Waals surface area (Å²) in [6.45, 7) is 2.01. The molecule has 3 rings (SSSR count). The third kappa shape index (κ3) is 4.36. The maximum Gasteiger partial charge on any atom is 0.265 e. The minimum Gasteiger partial charge on any atom is -0.482 e. The smallest absolute Gasteiger partial charge is 0.265 e. The molecule has 0 saturated carbocycles. The van der Waals surface area contributed by atoms with Crippen molar-refractivity contribution < 1.29 is 9.53 Å². The van der Waals surface area contributed by atoms with Crippen LogP contribution >= 0.6 is 0 Å². The SMILES string of the molecule is CN=C(NCCCN1C(=O)COc2ccccc21)N(C)Cc1ncnn1C. The highest BCUT2D eigenvalue weighted by Gasteiger charge is 2.24. The minimum absolute atomic E-state index is 0.0162. The monoisotopic (exact) mass is 371 g/mol. The van der Waals surface area contributed by atoms with Crippen LogP contribution in [-0.2, 0) is 18.4 Å². The fourth-order valence-electron chi connectivity index (χ4n) is 2.97. The lowest BCUT2D eigenvalue weighted by atomic mass is 10.2. The zero-order valence-corrected chi connectivity index (χ0v) is 15.9. The number of carbonyl (C=O) groups is 1. The summed E-state index contributed by atoms with van der Waals surface area (Å²) < 4.78 is 7.21. The summed E-state index contributed by atoms with van der Waals surface area (Å²) in [5.74, 6) is 2.37. The molecular formula is C18H25N7O2. The zero-order valence-electron chi connectivity index (χ0n) is 15.9. The molecule has 0 bridgehead atoms. The molecule has 2 aromatic rings. The quantitative estimate of drug-likeness (QED) is 0.455. The standard InChI is InChI=1S/C18H25N7O2/c1-19-18(23(2)11-16-21-13-22-24(16)3)20-9-6-10-25-14-7-4-5-8-15(14)27-12-17(25)26/h4-5,7-8,13H,6,9-12H2,1-3H3,(H,19,20). The van der Waals surface area contributed by atoms with E-state index in [2.05, 4.69) is 20.4 Å². The third-order valence-corrected chi connectivity index (χ3v) is 4.41. The molecule has 9 heteroatoms. The van der Waals surface area contributed by atoms with Crippen molar-refractivity contribution in [3.8, 4) is 5.75 Å². The van der Waals surface area contributed by atoms with Crippen molar-refractivity contribution in [3.63, 3.8) is 0 Å². The Morgan fingerprint density at radius 1 is 1.41 bits per heavy atom. The Hall–Kier alpha value is -3.10. The first-order valence-corrected chi connectivity index (χ1v) is 8.87. The summed E-state index contributed by atoms with van der Waals surface area (Å²) in [6.07, 6.45) is 2.33. The van der Waals surface area contributed by atoms with Crippen molar-refractivity contribution in [2.24, 2.45) is 12.0 Å². The van der Waals surface area contributed by atoms with E-state index in [0.717, 1.165) is 29.6 Å². The summed E-state index contributed by atoms with van der Waals surface area (Å²) in [4.78, 5) is 24.5. The molecule has 1 aromatic heterocycles.